The van der Waals surface area contributed by atoms with Crippen LogP contribution in [-0.4, -0.2) is 48.6 Å². The Hall–Kier alpha value is -4.44. The Balaban J connectivity index is 1.55. The monoisotopic (exact) mass is 459 g/mol. The first-order chi connectivity index (χ1) is 16.5. The molecular weight excluding hydrogens is 438 g/mol. The largest absolute Gasteiger partial charge is 0.384 e. The summed E-state index contributed by atoms with van der Waals surface area (Å²) < 4.78 is 6.49. The molecule has 10 nitrogen and oxygen atoms in total. The number of morpholine rings is 1. The van der Waals surface area contributed by atoms with E-state index < -0.39 is 23.3 Å². The van der Waals surface area contributed by atoms with E-state index in [1.807, 2.05) is 18.2 Å². The molecule has 1 saturated heterocycles. The number of para-hydroxylation sites is 3. The highest BCUT2D eigenvalue weighted by molar-refractivity contribution is 6.23. The minimum Gasteiger partial charge on any atom is -0.384 e. The summed E-state index contributed by atoms with van der Waals surface area (Å²) >= 11 is 0. The summed E-state index contributed by atoms with van der Waals surface area (Å²) in [6.07, 6.45) is 0. The van der Waals surface area contributed by atoms with E-state index in [0.29, 0.717) is 32.0 Å². The highest BCUT2D eigenvalue weighted by Crippen LogP contribution is 2.28. The van der Waals surface area contributed by atoms with Crippen molar-refractivity contribution in [1.29, 1.82) is 0 Å². The zero-order chi connectivity index (χ0) is 23.8. The van der Waals surface area contributed by atoms with Crippen LogP contribution < -0.4 is 26.8 Å². The van der Waals surface area contributed by atoms with Crippen LogP contribution >= 0.6 is 0 Å². The van der Waals surface area contributed by atoms with Crippen LogP contribution in [0.2, 0.25) is 0 Å². The summed E-state index contributed by atoms with van der Waals surface area (Å²) in [6, 6.07) is 14.9. The van der Waals surface area contributed by atoms with Gasteiger partial charge in [-0.3, -0.25) is 29.1 Å². The number of fused-ring (bicyclic) bond motifs is 1. The van der Waals surface area contributed by atoms with E-state index in [2.05, 4.69) is 15.5 Å². The Bertz CT molecular complexity index is 1390. The van der Waals surface area contributed by atoms with Gasteiger partial charge in [-0.25, -0.2) is 0 Å². The molecule has 0 saturated carbocycles. The van der Waals surface area contributed by atoms with E-state index in [0.717, 1.165) is 16.3 Å². The minimum absolute atomic E-state index is 0.0786. The van der Waals surface area contributed by atoms with Crippen molar-refractivity contribution in [2.24, 2.45) is 0 Å². The van der Waals surface area contributed by atoms with E-state index in [-0.39, 0.29) is 28.2 Å². The molecule has 3 aromatic rings. The number of ether oxygens (including phenoxy) is 1. The van der Waals surface area contributed by atoms with Gasteiger partial charge >= 0.3 is 0 Å². The third kappa shape index (κ3) is 3.59. The van der Waals surface area contributed by atoms with Crippen LogP contribution in [0, 0.1) is 0 Å². The molecule has 10 heteroatoms. The van der Waals surface area contributed by atoms with Crippen molar-refractivity contribution >= 4 is 34.9 Å². The summed E-state index contributed by atoms with van der Waals surface area (Å²) in [6.45, 7) is 2.60. The molecule has 1 fully saturated rings. The number of amides is 3. The van der Waals surface area contributed by atoms with Crippen molar-refractivity contribution < 1.29 is 19.1 Å². The molecule has 2 aromatic carbocycles. The van der Waals surface area contributed by atoms with Crippen molar-refractivity contribution in [3.63, 3.8) is 0 Å². The number of nitrogen functional groups attached to an aromatic ring is 1. The quantitative estimate of drug-likeness (QED) is 0.502. The van der Waals surface area contributed by atoms with Crippen LogP contribution in [0.5, 0.6) is 0 Å². The summed E-state index contributed by atoms with van der Waals surface area (Å²) in [7, 11) is 0. The number of rotatable bonds is 4. The molecule has 0 atom stereocenters. The van der Waals surface area contributed by atoms with Gasteiger partial charge in [0.1, 0.15) is 5.82 Å². The maximum Gasteiger partial charge on any atom is 0.262 e. The smallest absolute Gasteiger partial charge is 0.262 e. The van der Waals surface area contributed by atoms with Crippen LogP contribution in [0.25, 0.3) is 5.69 Å². The molecule has 1 aromatic heterocycles. The Morgan fingerprint density at radius 2 is 1.62 bits per heavy atom. The van der Waals surface area contributed by atoms with E-state index in [9.17, 15) is 19.2 Å². The second-order valence-corrected chi connectivity index (χ2v) is 7.86. The van der Waals surface area contributed by atoms with Gasteiger partial charge in [0.2, 0.25) is 0 Å². The van der Waals surface area contributed by atoms with Crippen LogP contribution in [0.3, 0.4) is 0 Å². The lowest BCUT2D eigenvalue weighted by Crippen LogP contribution is -2.36. The summed E-state index contributed by atoms with van der Waals surface area (Å²) in [5.74, 6) is -2.03. The van der Waals surface area contributed by atoms with Crippen molar-refractivity contribution in [1.82, 2.24) is 9.88 Å². The lowest BCUT2D eigenvalue weighted by atomic mass is 10.1. The van der Waals surface area contributed by atoms with Crippen LogP contribution in [-0.2, 0) is 4.74 Å². The number of nitrogens with zero attached hydrogens (tertiary/aromatic N) is 2. The summed E-state index contributed by atoms with van der Waals surface area (Å²) in [4.78, 5) is 52.6. The number of nitrogens with one attached hydrogen (secondary N) is 2. The van der Waals surface area contributed by atoms with Crippen molar-refractivity contribution in [2.45, 2.75) is 0 Å². The molecule has 0 unspecified atom stereocenters. The van der Waals surface area contributed by atoms with Crippen molar-refractivity contribution in [2.75, 3.05) is 42.3 Å². The normalized spacial score (nSPS) is 15.1. The zero-order valence-corrected chi connectivity index (χ0v) is 18.0. The van der Waals surface area contributed by atoms with Gasteiger partial charge in [-0.1, -0.05) is 24.3 Å². The van der Waals surface area contributed by atoms with Gasteiger partial charge in [0.25, 0.3) is 23.3 Å². The Morgan fingerprint density at radius 1 is 0.941 bits per heavy atom. The summed E-state index contributed by atoms with van der Waals surface area (Å²) in [5, 5.41) is 5.06. The fraction of sp³-hybridized carbons (Fsp3) is 0.167. The average molecular weight is 459 g/mol. The predicted octanol–water partition coefficient (Wildman–Crippen LogP) is 1.39. The molecule has 2 aliphatic heterocycles. The standard InChI is InChI=1S/C24H21N5O5/c25-21-20-15(23(32)27-24(20)33)13-19(30)29(21)17-7-3-1-5-14(17)22(31)26-16-6-2-4-8-18(16)28-9-11-34-12-10-28/h1-8,13H,9-12,25H2,(H,26,31)(H,27,32,33). The number of benzene rings is 2. The number of carbonyl (C=O) groups is 3. The number of hydrogen-bond acceptors (Lipinski definition) is 7. The van der Waals surface area contributed by atoms with Gasteiger partial charge in [0.15, 0.2) is 0 Å². The maximum atomic E-state index is 13.4. The molecular formula is C24H21N5O5. The molecule has 0 radical (unpaired) electrons. The number of aromatic nitrogens is 1. The predicted molar refractivity (Wildman–Crippen MR) is 126 cm³/mol. The fourth-order valence-corrected chi connectivity index (χ4v) is 4.24. The molecule has 0 spiro atoms. The van der Waals surface area contributed by atoms with Gasteiger partial charge < -0.3 is 20.7 Å². The van der Waals surface area contributed by atoms with E-state index in [1.165, 1.54) is 0 Å². The fourth-order valence-electron chi connectivity index (χ4n) is 4.24. The molecule has 2 aliphatic rings. The molecule has 3 amide bonds. The first kappa shape index (κ1) is 21.4. The van der Waals surface area contributed by atoms with E-state index in [4.69, 9.17) is 10.5 Å². The molecule has 0 aliphatic carbocycles. The van der Waals surface area contributed by atoms with Crippen LogP contribution in [0.15, 0.2) is 59.4 Å². The van der Waals surface area contributed by atoms with Crippen LogP contribution in [0.1, 0.15) is 31.1 Å². The lowest BCUT2D eigenvalue weighted by molar-refractivity contribution is 0.0879. The SMILES string of the molecule is Nc1c2c(cc(=O)n1-c1ccccc1C(=O)Nc1ccccc1N1CCOCC1)C(=O)NC2=O. The highest BCUT2D eigenvalue weighted by Gasteiger charge is 2.32. The minimum atomic E-state index is -0.687. The van der Waals surface area contributed by atoms with Crippen molar-refractivity contribution in [3.05, 3.63) is 81.6 Å². The molecule has 172 valence electrons. The topological polar surface area (TPSA) is 136 Å². The molecule has 0 bridgehead atoms. The van der Waals surface area contributed by atoms with Gasteiger partial charge in [0.05, 0.1) is 47.0 Å². The number of pyridine rings is 1. The second kappa shape index (κ2) is 8.49. The van der Waals surface area contributed by atoms with Crippen molar-refractivity contribution in [3.8, 4) is 5.69 Å². The molecule has 34 heavy (non-hydrogen) atoms. The Kier molecular flexibility index (Phi) is 5.34. The average Bonchev–Trinajstić information content (AvgIpc) is 3.13. The number of hydrogen-bond donors (Lipinski definition) is 3. The third-order valence-electron chi connectivity index (χ3n) is 5.85. The van der Waals surface area contributed by atoms with E-state index >= 15 is 0 Å². The second-order valence-electron chi connectivity index (χ2n) is 7.86. The highest BCUT2D eigenvalue weighted by atomic mass is 16.5. The third-order valence-corrected chi connectivity index (χ3v) is 5.85. The van der Waals surface area contributed by atoms with Gasteiger partial charge in [-0.2, -0.15) is 0 Å². The van der Waals surface area contributed by atoms with Gasteiger partial charge in [-0.05, 0) is 24.3 Å². The zero-order valence-electron chi connectivity index (χ0n) is 18.0. The van der Waals surface area contributed by atoms with Gasteiger partial charge in [0, 0.05) is 19.2 Å². The number of anilines is 3. The van der Waals surface area contributed by atoms with Gasteiger partial charge in [-0.15, -0.1) is 0 Å². The summed E-state index contributed by atoms with van der Waals surface area (Å²) in [5.41, 5.74) is 7.22. The lowest BCUT2D eigenvalue weighted by Gasteiger charge is -2.30. The number of carbonyl (C=O) groups excluding carboxylic acids is 3. The van der Waals surface area contributed by atoms with Crippen LogP contribution in [0.4, 0.5) is 17.2 Å². The molecule has 5 rings (SSSR count). The first-order valence-corrected chi connectivity index (χ1v) is 10.7. The maximum absolute atomic E-state index is 13.4. The Labute approximate surface area is 193 Å². The van der Waals surface area contributed by atoms with E-state index in [1.54, 1.807) is 30.3 Å². The molecule has 3 heterocycles. The number of imide groups is 1. The Morgan fingerprint density at radius 3 is 2.38 bits per heavy atom. The first-order valence-electron chi connectivity index (χ1n) is 10.7. The molecule has 4 N–H and O–H groups in total. The number of nitrogens with two attached hydrogens (primary N) is 1.